The van der Waals surface area contributed by atoms with Gasteiger partial charge in [0.05, 0.1) is 17.9 Å². The van der Waals surface area contributed by atoms with Crippen molar-refractivity contribution in [2.45, 2.75) is 25.3 Å². The van der Waals surface area contributed by atoms with Crippen LogP contribution in [0.2, 0.25) is 0 Å². The Morgan fingerprint density at radius 2 is 1.69 bits per heavy atom. The number of carbonyl (C=O) groups excluding carboxylic acids is 2. The topological polar surface area (TPSA) is 71.3 Å². The van der Waals surface area contributed by atoms with Crippen LogP contribution in [-0.2, 0) is 16.0 Å². The average molecular weight is 398 g/mol. The molecule has 0 aliphatic rings. The van der Waals surface area contributed by atoms with Crippen LogP contribution in [0.1, 0.15) is 24.2 Å². The molecule has 150 valence electrons. The van der Waals surface area contributed by atoms with Gasteiger partial charge in [0.15, 0.2) is 0 Å². The van der Waals surface area contributed by atoms with Gasteiger partial charge in [-0.15, -0.1) is 0 Å². The van der Waals surface area contributed by atoms with Crippen molar-refractivity contribution in [1.82, 2.24) is 5.32 Å². The van der Waals surface area contributed by atoms with Gasteiger partial charge in [0.2, 0.25) is 11.8 Å². The Bertz CT molecular complexity index is 972. The fourth-order valence-corrected chi connectivity index (χ4v) is 2.87. The smallest absolute Gasteiger partial charge is 0.246 e. The van der Waals surface area contributed by atoms with E-state index in [4.69, 9.17) is 4.42 Å². The third-order valence-corrected chi connectivity index (χ3v) is 4.46. The molecular formula is C22H20F2N2O3. The standard InChI is InChI=1S/C22H20F2N2O3/c1-14(21(27)26-20-7-3-2-6-19(20)24)25-22(28)18(13-17-5-4-12-29-17)15-8-10-16(23)11-9-15/h2-12,14,18H,13H2,1H3,(H,25,28)(H,26,27). The summed E-state index contributed by atoms with van der Waals surface area (Å²) >= 11 is 0. The molecule has 7 heteroatoms. The van der Waals surface area contributed by atoms with Crippen LogP contribution in [0, 0.1) is 11.6 Å². The number of anilines is 1. The number of halogens is 2. The summed E-state index contributed by atoms with van der Waals surface area (Å²) in [4.78, 5) is 25.2. The van der Waals surface area contributed by atoms with E-state index in [1.165, 1.54) is 55.7 Å². The lowest BCUT2D eigenvalue weighted by Gasteiger charge is -2.20. The number of carbonyl (C=O) groups is 2. The minimum atomic E-state index is -0.915. The Labute approximate surface area is 166 Å². The molecule has 3 aromatic rings. The minimum absolute atomic E-state index is 0.0317. The predicted molar refractivity (Wildman–Crippen MR) is 104 cm³/mol. The molecule has 1 aromatic heterocycles. The van der Waals surface area contributed by atoms with Gasteiger partial charge < -0.3 is 15.1 Å². The summed E-state index contributed by atoms with van der Waals surface area (Å²) in [6, 6.07) is 13.9. The van der Waals surface area contributed by atoms with E-state index in [0.29, 0.717) is 11.3 Å². The Morgan fingerprint density at radius 3 is 2.34 bits per heavy atom. The van der Waals surface area contributed by atoms with Crippen molar-refractivity contribution >= 4 is 17.5 Å². The lowest BCUT2D eigenvalue weighted by atomic mass is 9.93. The first-order valence-corrected chi connectivity index (χ1v) is 9.07. The molecule has 1 heterocycles. The van der Waals surface area contributed by atoms with E-state index in [1.54, 1.807) is 18.2 Å². The molecule has 5 nitrogen and oxygen atoms in total. The molecule has 0 saturated carbocycles. The van der Waals surface area contributed by atoms with Crippen LogP contribution in [0.15, 0.2) is 71.3 Å². The first-order chi connectivity index (χ1) is 13.9. The highest BCUT2D eigenvalue weighted by atomic mass is 19.1. The molecule has 0 radical (unpaired) electrons. The first kappa shape index (κ1) is 20.3. The molecule has 3 rings (SSSR count). The van der Waals surface area contributed by atoms with Gasteiger partial charge in [-0.05, 0) is 48.9 Å². The zero-order chi connectivity index (χ0) is 20.8. The predicted octanol–water partition coefficient (Wildman–Crippen LogP) is 4.03. The molecule has 0 fully saturated rings. The maximum atomic E-state index is 13.7. The Balaban J connectivity index is 1.72. The fourth-order valence-electron chi connectivity index (χ4n) is 2.87. The summed E-state index contributed by atoms with van der Waals surface area (Å²) in [6.07, 6.45) is 1.74. The largest absolute Gasteiger partial charge is 0.469 e. The van der Waals surface area contributed by atoms with E-state index in [2.05, 4.69) is 10.6 Å². The van der Waals surface area contributed by atoms with Crippen LogP contribution >= 0.6 is 0 Å². The second-order valence-corrected chi connectivity index (χ2v) is 6.59. The molecule has 29 heavy (non-hydrogen) atoms. The molecule has 2 atom stereocenters. The van der Waals surface area contributed by atoms with E-state index in [-0.39, 0.29) is 12.1 Å². The van der Waals surface area contributed by atoms with Crippen molar-refractivity contribution in [3.05, 3.63) is 89.9 Å². The normalized spacial score (nSPS) is 12.8. The van der Waals surface area contributed by atoms with Crippen LogP contribution in [0.5, 0.6) is 0 Å². The van der Waals surface area contributed by atoms with E-state index >= 15 is 0 Å². The molecule has 0 aliphatic carbocycles. The first-order valence-electron chi connectivity index (χ1n) is 9.07. The van der Waals surface area contributed by atoms with Gasteiger partial charge in [0.25, 0.3) is 0 Å². The van der Waals surface area contributed by atoms with Crippen molar-refractivity contribution in [3.63, 3.8) is 0 Å². The number of hydrogen-bond donors (Lipinski definition) is 2. The van der Waals surface area contributed by atoms with Gasteiger partial charge in [0.1, 0.15) is 23.4 Å². The zero-order valence-corrected chi connectivity index (χ0v) is 15.7. The number of benzene rings is 2. The number of para-hydroxylation sites is 1. The fraction of sp³-hybridized carbons (Fsp3) is 0.182. The number of rotatable bonds is 7. The van der Waals surface area contributed by atoms with Crippen molar-refractivity contribution in [2.75, 3.05) is 5.32 Å². The van der Waals surface area contributed by atoms with Gasteiger partial charge in [-0.2, -0.15) is 0 Å². The van der Waals surface area contributed by atoms with Gasteiger partial charge >= 0.3 is 0 Å². The zero-order valence-electron chi connectivity index (χ0n) is 15.7. The highest BCUT2D eigenvalue weighted by molar-refractivity contribution is 5.97. The van der Waals surface area contributed by atoms with E-state index < -0.39 is 35.4 Å². The maximum absolute atomic E-state index is 13.7. The van der Waals surface area contributed by atoms with Gasteiger partial charge in [-0.1, -0.05) is 24.3 Å². The Kier molecular flexibility index (Phi) is 6.39. The van der Waals surface area contributed by atoms with Gasteiger partial charge in [-0.25, -0.2) is 8.78 Å². The summed E-state index contributed by atoms with van der Waals surface area (Å²) in [7, 11) is 0. The molecule has 2 aromatic carbocycles. The molecule has 2 unspecified atom stereocenters. The molecule has 0 aliphatic heterocycles. The summed E-state index contributed by atoms with van der Waals surface area (Å²) < 4.78 is 32.3. The van der Waals surface area contributed by atoms with Crippen LogP contribution in [0.4, 0.5) is 14.5 Å². The summed E-state index contributed by atoms with van der Waals surface area (Å²) in [5.74, 6) is -2.07. The second-order valence-electron chi connectivity index (χ2n) is 6.59. The molecule has 0 spiro atoms. The number of furan rings is 1. The number of amides is 2. The lowest BCUT2D eigenvalue weighted by molar-refractivity contribution is -0.127. The number of hydrogen-bond acceptors (Lipinski definition) is 3. The highest BCUT2D eigenvalue weighted by Gasteiger charge is 2.26. The van der Waals surface area contributed by atoms with E-state index in [1.807, 2.05) is 0 Å². The summed E-state index contributed by atoms with van der Waals surface area (Å²) in [5.41, 5.74) is 0.617. The second kappa shape index (κ2) is 9.14. The van der Waals surface area contributed by atoms with E-state index in [0.717, 1.165) is 0 Å². The van der Waals surface area contributed by atoms with Gasteiger partial charge in [-0.3, -0.25) is 9.59 Å². The highest BCUT2D eigenvalue weighted by Crippen LogP contribution is 2.22. The van der Waals surface area contributed by atoms with Crippen LogP contribution in [0.25, 0.3) is 0 Å². The van der Waals surface area contributed by atoms with E-state index in [9.17, 15) is 18.4 Å². The van der Waals surface area contributed by atoms with Crippen molar-refractivity contribution in [1.29, 1.82) is 0 Å². The van der Waals surface area contributed by atoms with Gasteiger partial charge in [0, 0.05) is 6.42 Å². The summed E-state index contributed by atoms with van der Waals surface area (Å²) in [6.45, 7) is 1.50. The average Bonchev–Trinajstić information content (AvgIpc) is 3.22. The van der Waals surface area contributed by atoms with Crippen molar-refractivity contribution < 1.29 is 22.8 Å². The summed E-state index contributed by atoms with van der Waals surface area (Å²) in [5, 5.41) is 5.09. The van der Waals surface area contributed by atoms with Crippen LogP contribution < -0.4 is 10.6 Å². The quantitative estimate of drug-likeness (QED) is 0.631. The monoisotopic (exact) mass is 398 g/mol. The Morgan fingerprint density at radius 1 is 0.966 bits per heavy atom. The minimum Gasteiger partial charge on any atom is -0.469 e. The van der Waals surface area contributed by atoms with Crippen molar-refractivity contribution in [2.24, 2.45) is 0 Å². The van der Waals surface area contributed by atoms with Crippen LogP contribution in [-0.4, -0.2) is 17.9 Å². The van der Waals surface area contributed by atoms with Crippen molar-refractivity contribution in [3.8, 4) is 0 Å². The Hall–Kier alpha value is -3.48. The molecule has 0 bridgehead atoms. The molecule has 0 saturated heterocycles. The maximum Gasteiger partial charge on any atom is 0.246 e. The molecule has 2 N–H and O–H groups in total. The third kappa shape index (κ3) is 5.28. The van der Waals surface area contributed by atoms with Crippen LogP contribution in [0.3, 0.4) is 0 Å². The lowest BCUT2D eigenvalue weighted by Crippen LogP contribution is -2.44. The third-order valence-electron chi connectivity index (χ3n) is 4.46. The molecule has 2 amide bonds. The number of nitrogens with one attached hydrogen (secondary N) is 2. The molecular weight excluding hydrogens is 378 g/mol. The SMILES string of the molecule is CC(NC(=O)C(Cc1ccco1)c1ccc(F)cc1)C(=O)Nc1ccccc1F.